The van der Waals surface area contributed by atoms with E-state index in [2.05, 4.69) is 5.10 Å². The van der Waals surface area contributed by atoms with Crippen LogP contribution in [0.2, 0.25) is 0 Å². The third-order valence-electron chi connectivity index (χ3n) is 3.78. The zero-order valence-electron chi connectivity index (χ0n) is 12.5. The highest BCUT2D eigenvalue weighted by atomic mass is 16.4. The van der Waals surface area contributed by atoms with Gasteiger partial charge in [-0.3, -0.25) is 19.1 Å². The molecule has 1 atom stereocenters. The molecule has 2 heterocycles. The molecule has 2 rings (SSSR count). The van der Waals surface area contributed by atoms with E-state index in [9.17, 15) is 14.4 Å². The molecule has 1 fully saturated rings. The van der Waals surface area contributed by atoms with Gasteiger partial charge in [-0.25, -0.2) is 0 Å². The molecule has 1 aliphatic heterocycles. The highest BCUT2D eigenvalue weighted by Gasteiger charge is 2.28. The lowest BCUT2D eigenvalue weighted by molar-refractivity contribution is -0.147. The number of carbonyl (C=O) groups is 3. The molecule has 120 valence electrons. The molecular weight excluding hydrogens is 288 g/mol. The Morgan fingerprint density at radius 3 is 2.82 bits per heavy atom. The standard InChI is InChI=1S/C14H20N4O4/c1-16(12(19)10-18-7-3-5-15-18)9-13(20)17-6-2-4-11(8-17)14(21)22/h3,5,7,11H,2,4,6,8-10H2,1H3,(H,21,22). The first-order valence-electron chi connectivity index (χ1n) is 7.19. The van der Waals surface area contributed by atoms with Gasteiger partial charge in [0.15, 0.2) is 0 Å². The third-order valence-corrected chi connectivity index (χ3v) is 3.78. The fourth-order valence-corrected chi connectivity index (χ4v) is 2.45. The maximum Gasteiger partial charge on any atom is 0.308 e. The maximum atomic E-state index is 12.2. The fraction of sp³-hybridized carbons (Fsp3) is 0.571. The second-order valence-corrected chi connectivity index (χ2v) is 5.47. The quantitative estimate of drug-likeness (QED) is 0.803. The molecule has 0 radical (unpaired) electrons. The van der Waals surface area contributed by atoms with Crippen molar-refractivity contribution in [2.75, 3.05) is 26.7 Å². The lowest BCUT2D eigenvalue weighted by Gasteiger charge is -2.32. The highest BCUT2D eigenvalue weighted by Crippen LogP contribution is 2.16. The van der Waals surface area contributed by atoms with Crippen molar-refractivity contribution >= 4 is 17.8 Å². The van der Waals surface area contributed by atoms with Crippen molar-refractivity contribution in [2.24, 2.45) is 5.92 Å². The topological polar surface area (TPSA) is 95.7 Å². The van der Waals surface area contributed by atoms with Crippen molar-refractivity contribution in [2.45, 2.75) is 19.4 Å². The third kappa shape index (κ3) is 4.06. The summed E-state index contributed by atoms with van der Waals surface area (Å²) >= 11 is 0. The average molecular weight is 308 g/mol. The van der Waals surface area contributed by atoms with Gasteiger partial charge in [0.2, 0.25) is 11.8 Å². The number of nitrogens with zero attached hydrogens (tertiary/aromatic N) is 4. The Bertz CT molecular complexity index is 543. The first-order valence-corrected chi connectivity index (χ1v) is 7.19. The first-order chi connectivity index (χ1) is 10.5. The van der Waals surface area contributed by atoms with Crippen LogP contribution in [-0.4, -0.2) is 69.2 Å². The summed E-state index contributed by atoms with van der Waals surface area (Å²) in [6, 6.07) is 1.72. The number of aliphatic carboxylic acids is 1. The van der Waals surface area contributed by atoms with Crippen LogP contribution in [0.1, 0.15) is 12.8 Å². The molecule has 1 aromatic rings. The molecule has 1 saturated heterocycles. The predicted molar refractivity (Wildman–Crippen MR) is 76.8 cm³/mol. The van der Waals surface area contributed by atoms with E-state index >= 15 is 0 Å². The molecule has 2 amide bonds. The average Bonchev–Trinajstić information content (AvgIpc) is 3.00. The number of piperidine rings is 1. The number of hydrogen-bond acceptors (Lipinski definition) is 4. The van der Waals surface area contributed by atoms with Gasteiger partial charge in [0.1, 0.15) is 6.54 Å². The van der Waals surface area contributed by atoms with E-state index in [4.69, 9.17) is 5.11 Å². The molecule has 1 unspecified atom stereocenters. The van der Waals surface area contributed by atoms with Crippen LogP contribution in [-0.2, 0) is 20.9 Å². The van der Waals surface area contributed by atoms with Crippen LogP contribution in [0.15, 0.2) is 18.5 Å². The number of likely N-dealkylation sites (N-methyl/N-ethyl adjacent to an activating group) is 1. The van der Waals surface area contributed by atoms with Gasteiger partial charge >= 0.3 is 5.97 Å². The number of hydrogen-bond donors (Lipinski definition) is 1. The van der Waals surface area contributed by atoms with Crippen LogP contribution in [0.3, 0.4) is 0 Å². The van der Waals surface area contributed by atoms with Gasteiger partial charge < -0.3 is 14.9 Å². The number of rotatable bonds is 5. The lowest BCUT2D eigenvalue weighted by Crippen LogP contribution is -2.47. The molecule has 0 spiro atoms. The molecule has 0 saturated carbocycles. The monoisotopic (exact) mass is 308 g/mol. The van der Waals surface area contributed by atoms with Crippen molar-refractivity contribution < 1.29 is 19.5 Å². The van der Waals surface area contributed by atoms with Gasteiger partial charge in [-0.1, -0.05) is 0 Å². The van der Waals surface area contributed by atoms with Crippen molar-refractivity contribution in [1.29, 1.82) is 0 Å². The van der Waals surface area contributed by atoms with Gasteiger partial charge in [0.05, 0.1) is 12.5 Å². The van der Waals surface area contributed by atoms with Crippen molar-refractivity contribution in [3.63, 3.8) is 0 Å². The molecule has 0 bridgehead atoms. The molecule has 8 nitrogen and oxygen atoms in total. The van der Waals surface area contributed by atoms with Gasteiger partial charge in [-0.05, 0) is 18.9 Å². The minimum atomic E-state index is -0.874. The summed E-state index contributed by atoms with van der Waals surface area (Å²) in [4.78, 5) is 38.1. The van der Waals surface area contributed by atoms with E-state index in [1.54, 1.807) is 25.5 Å². The molecule has 0 aromatic carbocycles. The smallest absolute Gasteiger partial charge is 0.308 e. The first kappa shape index (κ1) is 16.0. The van der Waals surface area contributed by atoms with Crippen LogP contribution in [0.4, 0.5) is 0 Å². The van der Waals surface area contributed by atoms with Crippen LogP contribution in [0.25, 0.3) is 0 Å². The Labute approximate surface area is 128 Å². The summed E-state index contributed by atoms with van der Waals surface area (Å²) in [7, 11) is 1.56. The predicted octanol–water partition coefficient (Wildman–Crippen LogP) is -0.335. The van der Waals surface area contributed by atoms with E-state index < -0.39 is 11.9 Å². The van der Waals surface area contributed by atoms with Gasteiger partial charge in [0.25, 0.3) is 0 Å². The van der Waals surface area contributed by atoms with E-state index in [-0.39, 0.29) is 31.4 Å². The second kappa shape index (κ2) is 7.06. The number of carboxylic acids is 1. The van der Waals surface area contributed by atoms with Crippen LogP contribution in [0, 0.1) is 5.92 Å². The highest BCUT2D eigenvalue weighted by molar-refractivity contribution is 5.85. The summed E-state index contributed by atoms with van der Waals surface area (Å²) in [5, 5.41) is 13.0. The zero-order chi connectivity index (χ0) is 16.1. The Kier molecular flexibility index (Phi) is 5.13. The lowest BCUT2D eigenvalue weighted by atomic mass is 9.98. The van der Waals surface area contributed by atoms with Gasteiger partial charge in [-0.15, -0.1) is 0 Å². The normalized spacial score (nSPS) is 18.0. The van der Waals surface area contributed by atoms with Crippen LogP contribution < -0.4 is 0 Å². The Morgan fingerprint density at radius 1 is 1.41 bits per heavy atom. The second-order valence-electron chi connectivity index (χ2n) is 5.47. The molecule has 0 aliphatic carbocycles. The van der Waals surface area contributed by atoms with Gasteiger partial charge in [0, 0.05) is 32.5 Å². The largest absolute Gasteiger partial charge is 0.481 e. The Morgan fingerprint density at radius 2 is 2.18 bits per heavy atom. The Balaban J connectivity index is 1.85. The zero-order valence-corrected chi connectivity index (χ0v) is 12.5. The SMILES string of the molecule is CN(CC(=O)N1CCCC(C(=O)O)C1)C(=O)Cn1cccn1. The van der Waals surface area contributed by atoms with Crippen LogP contribution in [0.5, 0.6) is 0 Å². The summed E-state index contributed by atoms with van der Waals surface area (Å²) in [6.07, 6.45) is 4.52. The summed E-state index contributed by atoms with van der Waals surface area (Å²) < 4.78 is 1.49. The number of likely N-dealkylation sites (tertiary alicyclic amines) is 1. The molecule has 1 aromatic heterocycles. The summed E-state index contributed by atoms with van der Waals surface area (Å²) in [6.45, 7) is 0.792. The van der Waals surface area contributed by atoms with E-state index in [1.165, 1.54) is 14.5 Å². The van der Waals surface area contributed by atoms with E-state index in [0.29, 0.717) is 19.4 Å². The van der Waals surface area contributed by atoms with Crippen molar-refractivity contribution in [3.05, 3.63) is 18.5 Å². The summed E-state index contributed by atoms with van der Waals surface area (Å²) in [5.74, 6) is -1.82. The number of amides is 2. The molecule has 1 aliphatic rings. The van der Waals surface area contributed by atoms with Crippen molar-refractivity contribution in [1.82, 2.24) is 19.6 Å². The van der Waals surface area contributed by atoms with E-state index in [0.717, 1.165) is 0 Å². The number of carbonyl (C=O) groups excluding carboxylic acids is 2. The molecule has 8 heteroatoms. The fourth-order valence-electron chi connectivity index (χ4n) is 2.45. The van der Waals surface area contributed by atoms with Crippen molar-refractivity contribution in [3.8, 4) is 0 Å². The number of carboxylic acid groups (broad SMARTS) is 1. The molecule has 1 N–H and O–H groups in total. The number of aromatic nitrogens is 2. The molecular formula is C14H20N4O4. The minimum Gasteiger partial charge on any atom is -0.481 e. The minimum absolute atomic E-state index is 0.0492. The van der Waals surface area contributed by atoms with Crippen LogP contribution >= 0.6 is 0 Å². The molecule has 22 heavy (non-hydrogen) atoms. The Hall–Kier alpha value is -2.38. The van der Waals surface area contributed by atoms with Gasteiger partial charge in [-0.2, -0.15) is 5.10 Å². The maximum absolute atomic E-state index is 12.2. The summed E-state index contributed by atoms with van der Waals surface area (Å²) in [5.41, 5.74) is 0. The van der Waals surface area contributed by atoms with E-state index in [1.807, 2.05) is 0 Å².